The molecule has 1 atom stereocenters. The van der Waals surface area contributed by atoms with Crippen LogP contribution in [-0.2, 0) is 0 Å². The molecular formula is C18H17ClN2O. The van der Waals surface area contributed by atoms with Gasteiger partial charge in [0.1, 0.15) is 0 Å². The fraction of sp³-hybridized carbons (Fsp3) is 0.222. The van der Waals surface area contributed by atoms with Gasteiger partial charge in [-0.2, -0.15) is 0 Å². The third-order valence-corrected chi connectivity index (χ3v) is 4.14. The summed E-state index contributed by atoms with van der Waals surface area (Å²) >= 11 is 6.06. The molecule has 0 radical (unpaired) electrons. The number of carbonyl (C=O) groups is 1. The topological polar surface area (TPSA) is 32.7 Å². The molecule has 0 unspecified atom stereocenters. The first-order valence-corrected chi connectivity index (χ1v) is 7.63. The van der Waals surface area contributed by atoms with E-state index in [4.69, 9.17) is 11.6 Å². The molecule has 22 heavy (non-hydrogen) atoms. The molecule has 1 amide bonds. The Balaban J connectivity index is 2.03. The lowest BCUT2D eigenvalue weighted by Gasteiger charge is -2.28. The number of hydrogen-bond acceptors (Lipinski definition) is 2. The van der Waals surface area contributed by atoms with Gasteiger partial charge in [-0.3, -0.25) is 9.79 Å². The lowest BCUT2D eigenvalue weighted by Crippen LogP contribution is -2.36. The lowest BCUT2D eigenvalue weighted by molar-refractivity contribution is 0.0725. The Hall–Kier alpha value is -2.13. The van der Waals surface area contributed by atoms with Crippen molar-refractivity contribution in [3.63, 3.8) is 0 Å². The molecule has 0 bridgehead atoms. The van der Waals surface area contributed by atoms with Crippen LogP contribution < -0.4 is 0 Å². The molecule has 0 fully saturated rings. The first kappa shape index (κ1) is 14.8. The largest absolute Gasteiger partial charge is 0.326 e. The molecule has 0 aliphatic carbocycles. The van der Waals surface area contributed by atoms with Gasteiger partial charge < -0.3 is 4.90 Å². The number of nitrogens with zero attached hydrogens (tertiary/aromatic N) is 2. The Kier molecular flexibility index (Phi) is 3.99. The van der Waals surface area contributed by atoms with Gasteiger partial charge >= 0.3 is 0 Å². The quantitative estimate of drug-likeness (QED) is 0.794. The normalized spacial score (nSPS) is 15.9. The van der Waals surface area contributed by atoms with E-state index in [9.17, 15) is 4.79 Å². The van der Waals surface area contributed by atoms with Gasteiger partial charge in [0, 0.05) is 10.7 Å². The Morgan fingerprint density at radius 2 is 1.91 bits per heavy atom. The number of aliphatic imine (C=N–C) groups is 1. The minimum absolute atomic E-state index is 0.0243. The molecule has 0 aromatic heterocycles. The van der Waals surface area contributed by atoms with E-state index in [2.05, 4.69) is 4.99 Å². The second kappa shape index (κ2) is 5.93. The molecule has 3 rings (SSSR count). The maximum atomic E-state index is 12.9. The molecule has 1 aliphatic rings. The van der Waals surface area contributed by atoms with Crippen molar-refractivity contribution in [2.45, 2.75) is 19.9 Å². The van der Waals surface area contributed by atoms with Gasteiger partial charge in [0.25, 0.3) is 5.91 Å². The molecule has 1 heterocycles. The second-order valence-electron chi connectivity index (χ2n) is 5.53. The highest BCUT2D eigenvalue weighted by atomic mass is 35.5. The summed E-state index contributed by atoms with van der Waals surface area (Å²) in [5.41, 5.74) is 3.27. The zero-order valence-electron chi connectivity index (χ0n) is 12.6. The summed E-state index contributed by atoms with van der Waals surface area (Å²) in [7, 11) is 0. The molecule has 1 aliphatic heterocycles. The molecule has 0 N–H and O–H groups in total. The van der Waals surface area contributed by atoms with Crippen molar-refractivity contribution in [3.05, 3.63) is 64.7 Å². The maximum absolute atomic E-state index is 12.9. The van der Waals surface area contributed by atoms with Gasteiger partial charge in [-0.15, -0.1) is 0 Å². The van der Waals surface area contributed by atoms with Crippen LogP contribution in [0, 0.1) is 0 Å². The van der Waals surface area contributed by atoms with Crippen LogP contribution in [-0.4, -0.2) is 23.1 Å². The molecule has 112 valence electrons. The Morgan fingerprint density at radius 1 is 1.18 bits per heavy atom. The Labute approximate surface area is 135 Å². The lowest BCUT2D eigenvalue weighted by atomic mass is 10.1. The van der Waals surface area contributed by atoms with Gasteiger partial charge in [0.2, 0.25) is 0 Å². The predicted molar refractivity (Wildman–Crippen MR) is 90.1 cm³/mol. The summed E-state index contributed by atoms with van der Waals surface area (Å²) in [5.74, 6) is -0.0329. The molecule has 0 spiro atoms. The number of rotatable bonds is 2. The highest BCUT2D eigenvalue weighted by molar-refractivity contribution is 6.31. The molecule has 2 aromatic rings. The highest BCUT2D eigenvalue weighted by Gasteiger charge is 2.27. The van der Waals surface area contributed by atoms with Crippen molar-refractivity contribution in [1.82, 2.24) is 4.90 Å². The van der Waals surface area contributed by atoms with Crippen LogP contribution in [0.5, 0.6) is 0 Å². The van der Waals surface area contributed by atoms with Crippen LogP contribution in [0.1, 0.15) is 35.8 Å². The van der Waals surface area contributed by atoms with E-state index >= 15 is 0 Å². The maximum Gasteiger partial charge on any atom is 0.256 e. The standard InChI is InChI=1S/C18H17ClN2O/c1-12-11-21(13(2)14-6-4-3-5-7-14)18(22)16-10-15(19)8-9-17(16)20-12/h3-10,13H,11H2,1-2H3/t13-/m1/s1. The Morgan fingerprint density at radius 3 is 2.64 bits per heavy atom. The number of fused-ring (bicyclic) bond motifs is 1. The summed E-state index contributed by atoms with van der Waals surface area (Å²) in [6.45, 7) is 4.50. The summed E-state index contributed by atoms with van der Waals surface area (Å²) in [6.07, 6.45) is 0. The third-order valence-electron chi connectivity index (χ3n) is 3.91. The molecule has 0 saturated carbocycles. The van der Waals surface area contributed by atoms with Crippen LogP contribution in [0.15, 0.2) is 53.5 Å². The predicted octanol–water partition coefficient (Wildman–Crippen LogP) is 4.65. The van der Waals surface area contributed by atoms with Gasteiger partial charge in [0.05, 0.1) is 23.8 Å². The number of carbonyl (C=O) groups excluding carboxylic acids is 1. The van der Waals surface area contributed by atoms with Crippen molar-refractivity contribution in [2.75, 3.05) is 6.54 Å². The molecule has 2 aromatic carbocycles. The fourth-order valence-corrected chi connectivity index (χ4v) is 2.89. The van der Waals surface area contributed by atoms with Crippen molar-refractivity contribution in [1.29, 1.82) is 0 Å². The van der Waals surface area contributed by atoms with Crippen LogP contribution in [0.3, 0.4) is 0 Å². The van der Waals surface area contributed by atoms with E-state index in [-0.39, 0.29) is 11.9 Å². The van der Waals surface area contributed by atoms with Crippen LogP contribution >= 0.6 is 11.6 Å². The molecule has 0 saturated heterocycles. The minimum Gasteiger partial charge on any atom is -0.326 e. The highest BCUT2D eigenvalue weighted by Crippen LogP contribution is 2.31. The number of hydrogen-bond donors (Lipinski definition) is 0. The van der Waals surface area contributed by atoms with E-state index in [1.165, 1.54) is 0 Å². The fourth-order valence-electron chi connectivity index (χ4n) is 2.72. The van der Waals surface area contributed by atoms with Gasteiger partial charge in [-0.25, -0.2) is 0 Å². The smallest absolute Gasteiger partial charge is 0.256 e. The summed E-state index contributed by atoms with van der Waals surface area (Å²) in [6, 6.07) is 15.3. The summed E-state index contributed by atoms with van der Waals surface area (Å²) in [4.78, 5) is 19.3. The van der Waals surface area contributed by atoms with Crippen molar-refractivity contribution >= 4 is 28.9 Å². The minimum atomic E-state index is -0.0329. The first-order chi connectivity index (χ1) is 10.6. The average Bonchev–Trinajstić information content (AvgIpc) is 2.65. The van der Waals surface area contributed by atoms with Crippen LogP contribution in [0.4, 0.5) is 5.69 Å². The average molecular weight is 313 g/mol. The van der Waals surface area contributed by atoms with Crippen molar-refractivity contribution < 1.29 is 4.79 Å². The number of benzene rings is 2. The zero-order valence-corrected chi connectivity index (χ0v) is 13.3. The van der Waals surface area contributed by atoms with E-state index in [1.54, 1.807) is 18.2 Å². The van der Waals surface area contributed by atoms with Crippen molar-refractivity contribution in [2.24, 2.45) is 4.99 Å². The van der Waals surface area contributed by atoms with E-state index < -0.39 is 0 Å². The second-order valence-corrected chi connectivity index (χ2v) is 5.96. The van der Waals surface area contributed by atoms with Gasteiger partial charge in [0.15, 0.2) is 0 Å². The molecule has 4 heteroatoms. The van der Waals surface area contributed by atoms with Crippen molar-refractivity contribution in [3.8, 4) is 0 Å². The number of halogens is 1. The number of amides is 1. The van der Waals surface area contributed by atoms with Gasteiger partial charge in [-0.1, -0.05) is 41.9 Å². The first-order valence-electron chi connectivity index (χ1n) is 7.26. The van der Waals surface area contributed by atoms with Crippen LogP contribution in [0.2, 0.25) is 5.02 Å². The molecular weight excluding hydrogens is 296 g/mol. The Bertz CT molecular complexity index is 740. The third kappa shape index (κ3) is 2.77. The van der Waals surface area contributed by atoms with E-state index in [1.807, 2.05) is 49.1 Å². The summed E-state index contributed by atoms with van der Waals surface area (Å²) in [5, 5.41) is 0.550. The van der Waals surface area contributed by atoms with Crippen LogP contribution in [0.25, 0.3) is 0 Å². The zero-order chi connectivity index (χ0) is 15.7. The SMILES string of the molecule is CC1=Nc2ccc(Cl)cc2C(=O)N([C@H](C)c2ccccc2)C1. The van der Waals surface area contributed by atoms with E-state index in [0.717, 1.165) is 11.3 Å². The van der Waals surface area contributed by atoms with Gasteiger partial charge in [-0.05, 0) is 37.6 Å². The summed E-state index contributed by atoms with van der Waals surface area (Å²) < 4.78 is 0. The molecule has 3 nitrogen and oxygen atoms in total. The monoisotopic (exact) mass is 312 g/mol. The van der Waals surface area contributed by atoms with E-state index in [0.29, 0.717) is 22.8 Å².